The van der Waals surface area contributed by atoms with Crippen LogP contribution in [0.15, 0.2) is 18.2 Å². The van der Waals surface area contributed by atoms with Crippen LogP contribution < -0.4 is 15.4 Å². The van der Waals surface area contributed by atoms with E-state index in [9.17, 15) is 14.3 Å². The Labute approximate surface area is 129 Å². The molecule has 2 amide bonds. The Morgan fingerprint density at radius 1 is 1.41 bits per heavy atom. The molecule has 1 aliphatic rings. The number of ether oxygens (including phenoxy) is 1. The summed E-state index contributed by atoms with van der Waals surface area (Å²) in [6.45, 7) is 0.434. The van der Waals surface area contributed by atoms with Gasteiger partial charge in [-0.3, -0.25) is 0 Å². The first-order valence-corrected chi connectivity index (χ1v) is 7.65. The maximum Gasteiger partial charge on any atom is 0.315 e. The largest absolute Gasteiger partial charge is 0.494 e. The predicted molar refractivity (Wildman–Crippen MR) is 81.5 cm³/mol. The quantitative estimate of drug-likeness (QED) is 0.779. The van der Waals surface area contributed by atoms with Crippen molar-refractivity contribution >= 4 is 6.03 Å². The molecule has 0 unspecified atom stereocenters. The van der Waals surface area contributed by atoms with Crippen LogP contribution >= 0.6 is 0 Å². The Bertz CT molecular complexity index is 510. The van der Waals surface area contributed by atoms with Crippen molar-refractivity contribution in [1.82, 2.24) is 10.6 Å². The molecule has 1 fully saturated rings. The lowest BCUT2D eigenvalue weighted by molar-refractivity contribution is 0.0943. The number of hydrogen-bond donors (Lipinski definition) is 3. The lowest BCUT2D eigenvalue weighted by atomic mass is 9.93. The summed E-state index contributed by atoms with van der Waals surface area (Å²) in [7, 11) is 1.42. The smallest absolute Gasteiger partial charge is 0.315 e. The molecule has 22 heavy (non-hydrogen) atoms. The van der Waals surface area contributed by atoms with Gasteiger partial charge in [0.1, 0.15) is 0 Å². The molecule has 3 N–H and O–H groups in total. The fourth-order valence-electron chi connectivity index (χ4n) is 2.68. The van der Waals surface area contributed by atoms with Crippen molar-refractivity contribution in [2.24, 2.45) is 0 Å². The highest BCUT2D eigenvalue weighted by Crippen LogP contribution is 2.19. The van der Waals surface area contributed by atoms with Crippen LogP contribution in [0.25, 0.3) is 0 Å². The average Bonchev–Trinajstić information content (AvgIpc) is 2.51. The van der Waals surface area contributed by atoms with Gasteiger partial charge in [-0.05, 0) is 37.0 Å². The van der Waals surface area contributed by atoms with E-state index in [4.69, 9.17) is 4.74 Å². The molecule has 2 rings (SSSR count). The molecule has 0 bridgehead atoms. The number of rotatable bonds is 5. The van der Waals surface area contributed by atoms with Gasteiger partial charge in [0.25, 0.3) is 0 Å². The number of halogens is 1. The van der Waals surface area contributed by atoms with Crippen molar-refractivity contribution in [1.29, 1.82) is 0 Å². The van der Waals surface area contributed by atoms with E-state index in [1.54, 1.807) is 12.1 Å². The topological polar surface area (TPSA) is 70.6 Å². The van der Waals surface area contributed by atoms with Crippen LogP contribution in [0.3, 0.4) is 0 Å². The standard InChI is InChI=1S/C16H23FN2O3/c1-22-15-10-11(6-7-12(15)17)8-9-18-16(21)19-13-4-2-3-5-14(13)20/h6-7,10,13-14,20H,2-5,8-9H2,1H3,(H2,18,19,21)/t13-,14+/m0/s1. The molecule has 0 aromatic heterocycles. The first-order chi connectivity index (χ1) is 10.6. The van der Waals surface area contributed by atoms with Crippen molar-refractivity contribution < 1.29 is 19.0 Å². The van der Waals surface area contributed by atoms with Crippen molar-refractivity contribution in [3.8, 4) is 5.75 Å². The molecule has 1 aromatic rings. The van der Waals surface area contributed by atoms with Gasteiger partial charge in [-0.2, -0.15) is 0 Å². The monoisotopic (exact) mass is 310 g/mol. The SMILES string of the molecule is COc1cc(CCNC(=O)N[C@H]2CCCC[C@H]2O)ccc1F. The Morgan fingerprint density at radius 2 is 2.18 bits per heavy atom. The van der Waals surface area contributed by atoms with Crippen LogP contribution in [0.4, 0.5) is 9.18 Å². The van der Waals surface area contributed by atoms with Gasteiger partial charge in [-0.15, -0.1) is 0 Å². The Morgan fingerprint density at radius 3 is 2.91 bits per heavy atom. The molecule has 0 saturated heterocycles. The maximum absolute atomic E-state index is 13.3. The molecule has 0 heterocycles. The number of carbonyl (C=O) groups is 1. The molecule has 0 radical (unpaired) electrons. The lowest BCUT2D eigenvalue weighted by Crippen LogP contribution is -2.49. The Hall–Kier alpha value is -1.82. The van der Waals surface area contributed by atoms with Crippen LogP contribution in [-0.2, 0) is 6.42 Å². The van der Waals surface area contributed by atoms with Gasteiger partial charge < -0.3 is 20.5 Å². The number of carbonyl (C=O) groups excluding carboxylic acids is 1. The van der Waals surface area contributed by atoms with E-state index in [1.165, 1.54) is 13.2 Å². The zero-order valence-electron chi connectivity index (χ0n) is 12.8. The highest BCUT2D eigenvalue weighted by atomic mass is 19.1. The average molecular weight is 310 g/mol. The van der Waals surface area contributed by atoms with Crippen LogP contribution in [0.2, 0.25) is 0 Å². The summed E-state index contributed by atoms with van der Waals surface area (Å²) in [5, 5.41) is 15.4. The number of nitrogens with one attached hydrogen (secondary N) is 2. The van der Waals surface area contributed by atoms with E-state index < -0.39 is 11.9 Å². The summed E-state index contributed by atoms with van der Waals surface area (Å²) in [5.74, 6) is -0.199. The first-order valence-electron chi connectivity index (χ1n) is 7.65. The second-order valence-corrected chi connectivity index (χ2v) is 5.58. The van der Waals surface area contributed by atoms with Crippen LogP contribution in [0, 0.1) is 5.82 Å². The third-order valence-corrected chi connectivity index (χ3v) is 3.96. The normalized spacial score (nSPS) is 21.2. The number of methoxy groups -OCH3 is 1. The van der Waals surface area contributed by atoms with Crippen LogP contribution in [0.1, 0.15) is 31.2 Å². The maximum atomic E-state index is 13.3. The highest BCUT2D eigenvalue weighted by Gasteiger charge is 2.24. The third kappa shape index (κ3) is 4.59. The van der Waals surface area contributed by atoms with E-state index in [0.717, 1.165) is 31.2 Å². The van der Waals surface area contributed by atoms with Crippen LogP contribution in [-0.4, -0.2) is 36.9 Å². The predicted octanol–water partition coefficient (Wildman–Crippen LogP) is 1.98. The summed E-state index contributed by atoms with van der Waals surface area (Å²) in [5.41, 5.74) is 0.885. The molecule has 1 saturated carbocycles. The minimum absolute atomic E-state index is 0.167. The number of urea groups is 1. The summed E-state index contributed by atoms with van der Waals surface area (Å²) in [6.07, 6.45) is 3.70. The number of aliphatic hydroxyl groups is 1. The summed E-state index contributed by atoms with van der Waals surface area (Å²) < 4.78 is 18.2. The highest BCUT2D eigenvalue weighted by molar-refractivity contribution is 5.74. The zero-order chi connectivity index (χ0) is 15.9. The van der Waals surface area contributed by atoms with Gasteiger partial charge >= 0.3 is 6.03 Å². The number of amides is 2. The molecule has 1 aliphatic carbocycles. The summed E-state index contributed by atoms with van der Waals surface area (Å²) >= 11 is 0. The Kier molecular flexibility index (Phi) is 6.00. The summed E-state index contributed by atoms with van der Waals surface area (Å²) in [4.78, 5) is 11.8. The Balaban J connectivity index is 1.74. The molecule has 1 aromatic carbocycles. The van der Waals surface area contributed by atoms with E-state index in [-0.39, 0.29) is 17.8 Å². The van der Waals surface area contributed by atoms with Gasteiger partial charge in [-0.1, -0.05) is 18.9 Å². The van der Waals surface area contributed by atoms with Gasteiger partial charge in [0.2, 0.25) is 0 Å². The second kappa shape index (κ2) is 7.98. The minimum atomic E-state index is -0.458. The van der Waals surface area contributed by atoms with Gasteiger partial charge in [0.05, 0.1) is 19.3 Å². The molecule has 6 heteroatoms. The molecular formula is C16H23FN2O3. The van der Waals surface area contributed by atoms with Gasteiger partial charge in [0.15, 0.2) is 11.6 Å². The second-order valence-electron chi connectivity index (χ2n) is 5.58. The zero-order valence-corrected chi connectivity index (χ0v) is 12.8. The van der Waals surface area contributed by atoms with E-state index in [0.29, 0.717) is 13.0 Å². The fourth-order valence-corrected chi connectivity index (χ4v) is 2.68. The summed E-state index contributed by atoms with van der Waals surface area (Å²) in [6, 6.07) is 4.20. The van der Waals surface area contributed by atoms with Gasteiger partial charge in [0, 0.05) is 6.54 Å². The number of hydrogen-bond acceptors (Lipinski definition) is 3. The number of aliphatic hydroxyl groups excluding tert-OH is 1. The molecule has 0 spiro atoms. The van der Waals surface area contributed by atoms with E-state index in [2.05, 4.69) is 10.6 Å². The van der Waals surface area contributed by atoms with Crippen LogP contribution in [0.5, 0.6) is 5.75 Å². The van der Waals surface area contributed by atoms with E-state index in [1.807, 2.05) is 0 Å². The van der Waals surface area contributed by atoms with Gasteiger partial charge in [-0.25, -0.2) is 9.18 Å². The van der Waals surface area contributed by atoms with E-state index >= 15 is 0 Å². The number of benzene rings is 1. The molecule has 5 nitrogen and oxygen atoms in total. The van der Waals surface area contributed by atoms with Crippen molar-refractivity contribution in [3.63, 3.8) is 0 Å². The van der Waals surface area contributed by atoms with Crippen molar-refractivity contribution in [3.05, 3.63) is 29.6 Å². The molecule has 0 aliphatic heterocycles. The third-order valence-electron chi connectivity index (χ3n) is 3.96. The van der Waals surface area contributed by atoms with Crippen molar-refractivity contribution in [2.75, 3.05) is 13.7 Å². The fraction of sp³-hybridized carbons (Fsp3) is 0.562. The molecule has 122 valence electrons. The molecule has 2 atom stereocenters. The molecular weight excluding hydrogens is 287 g/mol. The lowest BCUT2D eigenvalue weighted by Gasteiger charge is -2.28. The minimum Gasteiger partial charge on any atom is -0.494 e. The first kappa shape index (κ1) is 16.5. The van der Waals surface area contributed by atoms with Crippen molar-refractivity contribution in [2.45, 2.75) is 44.2 Å².